The Hall–Kier alpha value is -1.33. The second-order valence-corrected chi connectivity index (χ2v) is 5.42. The largest absolute Gasteiger partial charge is 0.480 e. The zero-order valence-electron chi connectivity index (χ0n) is 10.2. The number of pyridine rings is 1. The van der Waals surface area contributed by atoms with E-state index < -0.39 is 17.4 Å². The molecule has 1 aliphatic rings. The highest BCUT2D eigenvalue weighted by Gasteiger charge is 2.46. The molecule has 102 valence electrons. The van der Waals surface area contributed by atoms with E-state index in [1.54, 1.807) is 6.92 Å². The third-order valence-electron chi connectivity index (χ3n) is 3.36. The highest BCUT2D eigenvalue weighted by molar-refractivity contribution is 6.33. The first kappa shape index (κ1) is 14.1. The molecule has 2 rings (SSSR count). The smallest absolute Gasteiger partial charge is 0.329 e. The number of likely N-dealkylation sites (tertiary alicyclic amines) is 1. The number of carboxylic acid groups (broad SMARTS) is 1. The summed E-state index contributed by atoms with van der Waals surface area (Å²) in [6, 6.07) is 2.77. The summed E-state index contributed by atoms with van der Waals surface area (Å²) in [7, 11) is 0. The van der Waals surface area contributed by atoms with Crippen molar-refractivity contribution in [3.63, 3.8) is 0 Å². The van der Waals surface area contributed by atoms with Crippen LogP contribution < -0.4 is 0 Å². The lowest BCUT2D eigenvalue weighted by Gasteiger charge is -2.31. The Morgan fingerprint density at radius 2 is 1.95 bits per heavy atom. The minimum absolute atomic E-state index is 0.104. The minimum Gasteiger partial charge on any atom is -0.480 e. The molecule has 1 saturated heterocycles. The van der Waals surface area contributed by atoms with Gasteiger partial charge < -0.3 is 10.0 Å². The summed E-state index contributed by atoms with van der Waals surface area (Å²) in [5.74, 6) is -1.40. The summed E-state index contributed by atoms with van der Waals surface area (Å²) in [6.07, 6.45) is 1.09. The average molecular weight is 303 g/mol. The third-order valence-corrected chi connectivity index (χ3v) is 3.74. The van der Waals surface area contributed by atoms with Gasteiger partial charge in [-0.1, -0.05) is 23.2 Å². The van der Waals surface area contributed by atoms with E-state index in [-0.39, 0.29) is 15.9 Å². The number of halogens is 2. The van der Waals surface area contributed by atoms with Gasteiger partial charge in [0.05, 0.1) is 0 Å². The van der Waals surface area contributed by atoms with Crippen molar-refractivity contribution in [2.75, 3.05) is 6.54 Å². The van der Waals surface area contributed by atoms with Gasteiger partial charge in [0.2, 0.25) is 0 Å². The van der Waals surface area contributed by atoms with Crippen LogP contribution in [0.2, 0.25) is 10.3 Å². The van der Waals surface area contributed by atoms with E-state index in [2.05, 4.69) is 4.98 Å². The van der Waals surface area contributed by atoms with Crippen molar-refractivity contribution in [3.8, 4) is 0 Å². The number of amides is 1. The molecule has 0 aliphatic carbocycles. The van der Waals surface area contributed by atoms with Crippen molar-refractivity contribution in [3.05, 3.63) is 28.0 Å². The molecule has 1 fully saturated rings. The predicted molar refractivity (Wildman–Crippen MR) is 70.6 cm³/mol. The number of carbonyl (C=O) groups is 2. The lowest BCUT2D eigenvalue weighted by atomic mass is 9.98. The van der Waals surface area contributed by atoms with Crippen LogP contribution in [0.1, 0.15) is 30.1 Å². The van der Waals surface area contributed by atoms with Crippen LogP contribution in [0.25, 0.3) is 0 Å². The summed E-state index contributed by atoms with van der Waals surface area (Å²) in [5.41, 5.74) is -0.932. The Bertz CT molecular complexity index is 530. The Morgan fingerprint density at radius 3 is 2.47 bits per heavy atom. The number of rotatable bonds is 2. The molecule has 0 bridgehead atoms. The zero-order chi connectivity index (χ0) is 14.2. The van der Waals surface area contributed by atoms with Gasteiger partial charge in [-0.05, 0) is 31.9 Å². The van der Waals surface area contributed by atoms with Gasteiger partial charge in [-0.15, -0.1) is 0 Å². The first-order valence-corrected chi connectivity index (χ1v) is 6.48. The van der Waals surface area contributed by atoms with Gasteiger partial charge in [0, 0.05) is 12.1 Å². The van der Waals surface area contributed by atoms with Crippen molar-refractivity contribution in [1.82, 2.24) is 9.88 Å². The molecule has 0 saturated carbocycles. The normalized spacial score (nSPS) is 22.6. The van der Waals surface area contributed by atoms with E-state index in [4.69, 9.17) is 23.2 Å². The highest BCUT2D eigenvalue weighted by atomic mass is 35.5. The van der Waals surface area contributed by atoms with Crippen LogP contribution in [0.3, 0.4) is 0 Å². The second kappa shape index (κ2) is 4.98. The fourth-order valence-corrected chi connectivity index (χ4v) is 2.72. The molecule has 1 N–H and O–H groups in total. The maximum atomic E-state index is 12.4. The van der Waals surface area contributed by atoms with Gasteiger partial charge in [0.15, 0.2) is 0 Å². The van der Waals surface area contributed by atoms with Crippen LogP contribution in [0, 0.1) is 0 Å². The maximum absolute atomic E-state index is 12.4. The van der Waals surface area contributed by atoms with Crippen LogP contribution in [0.4, 0.5) is 0 Å². The standard InChI is InChI=1S/C12H12Cl2N2O3/c1-12(11(18)19)3-2-4-16(12)10(17)7-5-8(13)15-9(14)6-7/h5-6H,2-4H2,1H3,(H,18,19). The van der Waals surface area contributed by atoms with Gasteiger partial charge >= 0.3 is 5.97 Å². The monoisotopic (exact) mass is 302 g/mol. The van der Waals surface area contributed by atoms with E-state index >= 15 is 0 Å². The Labute approximate surface area is 120 Å². The molecule has 0 radical (unpaired) electrons. The van der Waals surface area contributed by atoms with E-state index in [0.717, 1.165) is 0 Å². The number of hydrogen-bond acceptors (Lipinski definition) is 3. The molecule has 0 aromatic carbocycles. The highest BCUT2D eigenvalue weighted by Crippen LogP contribution is 2.31. The lowest BCUT2D eigenvalue weighted by molar-refractivity contribution is -0.147. The van der Waals surface area contributed by atoms with Gasteiger partial charge in [0.1, 0.15) is 15.8 Å². The molecule has 0 spiro atoms. The molecule has 1 unspecified atom stereocenters. The summed E-state index contributed by atoms with van der Waals surface area (Å²) in [4.78, 5) is 28.8. The van der Waals surface area contributed by atoms with Crippen LogP contribution in [0.5, 0.6) is 0 Å². The molecule has 5 nitrogen and oxygen atoms in total. The average Bonchev–Trinajstić information content (AvgIpc) is 2.70. The first-order valence-electron chi connectivity index (χ1n) is 5.73. The van der Waals surface area contributed by atoms with Crippen molar-refractivity contribution in [2.45, 2.75) is 25.3 Å². The fourth-order valence-electron chi connectivity index (χ4n) is 2.26. The van der Waals surface area contributed by atoms with E-state index in [0.29, 0.717) is 19.4 Å². The van der Waals surface area contributed by atoms with Crippen LogP contribution in [-0.4, -0.2) is 39.0 Å². The van der Waals surface area contributed by atoms with Gasteiger partial charge in [-0.25, -0.2) is 9.78 Å². The number of aromatic nitrogens is 1. The van der Waals surface area contributed by atoms with Crippen LogP contribution in [0.15, 0.2) is 12.1 Å². The molecule has 1 aliphatic heterocycles. The molecule has 1 aromatic rings. The molecular weight excluding hydrogens is 291 g/mol. The Balaban J connectivity index is 2.36. The topological polar surface area (TPSA) is 70.5 Å². The summed E-state index contributed by atoms with van der Waals surface area (Å²) < 4.78 is 0. The van der Waals surface area contributed by atoms with Gasteiger partial charge in [-0.3, -0.25) is 4.79 Å². The molecular formula is C12H12Cl2N2O3. The lowest BCUT2D eigenvalue weighted by Crippen LogP contribution is -2.50. The SMILES string of the molecule is CC1(C(=O)O)CCCN1C(=O)c1cc(Cl)nc(Cl)c1. The predicted octanol–water partition coefficient (Wildman–Crippen LogP) is 2.47. The molecule has 1 aromatic heterocycles. The van der Waals surface area contributed by atoms with Gasteiger partial charge in [-0.2, -0.15) is 0 Å². The van der Waals surface area contributed by atoms with Crippen molar-refractivity contribution >= 4 is 35.1 Å². The van der Waals surface area contributed by atoms with Crippen molar-refractivity contribution in [1.29, 1.82) is 0 Å². The Kier molecular flexibility index (Phi) is 3.69. The first-order chi connectivity index (χ1) is 8.84. The van der Waals surface area contributed by atoms with E-state index in [1.165, 1.54) is 17.0 Å². The second-order valence-electron chi connectivity index (χ2n) is 4.64. The van der Waals surface area contributed by atoms with E-state index in [9.17, 15) is 14.7 Å². The number of hydrogen-bond donors (Lipinski definition) is 1. The summed E-state index contributed by atoms with van der Waals surface area (Å²) >= 11 is 11.5. The number of carbonyl (C=O) groups excluding carboxylic acids is 1. The van der Waals surface area contributed by atoms with Crippen LogP contribution in [-0.2, 0) is 4.79 Å². The summed E-state index contributed by atoms with van der Waals surface area (Å²) in [6.45, 7) is 1.95. The van der Waals surface area contributed by atoms with Crippen molar-refractivity contribution in [2.24, 2.45) is 0 Å². The zero-order valence-corrected chi connectivity index (χ0v) is 11.7. The molecule has 1 amide bonds. The molecule has 1 atom stereocenters. The number of aliphatic carboxylic acids is 1. The quantitative estimate of drug-likeness (QED) is 0.852. The minimum atomic E-state index is -1.18. The Morgan fingerprint density at radius 1 is 1.37 bits per heavy atom. The van der Waals surface area contributed by atoms with Gasteiger partial charge in [0.25, 0.3) is 5.91 Å². The molecule has 7 heteroatoms. The van der Waals surface area contributed by atoms with Crippen LogP contribution >= 0.6 is 23.2 Å². The fraction of sp³-hybridized carbons (Fsp3) is 0.417. The number of nitrogens with zero attached hydrogens (tertiary/aromatic N) is 2. The molecule has 19 heavy (non-hydrogen) atoms. The molecule has 2 heterocycles. The number of carboxylic acids is 1. The van der Waals surface area contributed by atoms with E-state index in [1.807, 2.05) is 0 Å². The summed E-state index contributed by atoms with van der Waals surface area (Å²) in [5, 5.41) is 9.50. The maximum Gasteiger partial charge on any atom is 0.329 e. The van der Waals surface area contributed by atoms with Crippen molar-refractivity contribution < 1.29 is 14.7 Å². The third kappa shape index (κ3) is 2.53.